The average Bonchev–Trinajstić information content (AvgIpc) is 3.38. The Morgan fingerprint density at radius 2 is 1.70 bits per heavy atom. The molecule has 6 heteroatoms. The third kappa shape index (κ3) is 4.74. The van der Waals surface area contributed by atoms with Gasteiger partial charge in [0.2, 0.25) is 0 Å². The van der Waals surface area contributed by atoms with Crippen molar-refractivity contribution in [3.63, 3.8) is 0 Å². The summed E-state index contributed by atoms with van der Waals surface area (Å²) in [5, 5.41) is 6.89. The van der Waals surface area contributed by atoms with E-state index in [9.17, 15) is 0 Å². The number of aromatic nitrogens is 4. The molecule has 4 aromatic rings. The SMILES string of the molecule is CCCC.NCc1nc2ccc(Oc3ccc(-c4ccn[nH]4)cc3)cc2[nH]1. The highest BCUT2D eigenvalue weighted by atomic mass is 16.5. The van der Waals surface area contributed by atoms with Crippen LogP contribution in [0.4, 0.5) is 0 Å². The summed E-state index contributed by atoms with van der Waals surface area (Å²) in [6.45, 7) is 4.75. The number of fused-ring (bicyclic) bond motifs is 1. The molecule has 2 aromatic heterocycles. The molecule has 6 nitrogen and oxygen atoms in total. The number of nitrogens with one attached hydrogen (secondary N) is 2. The molecule has 0 spiro atoms. The van der Waals surface area contributed by atoms with E-state index in [-0.39, 0.29) is 0 Å². The number of hydrogen-bond acceptors (Lipinski definition) is 4. The molecule has 0 bridgehead atoms. The number of ether oxygens (including phenoxy) is 1. The quantitative estimate of drug-likeness (QED) is 0.465. The van der Waals surface area contributed by atoms with Gasteiger partial charge in [-0.15, -0.1) is 0 Å². The van der Waals surface area contributed by atoms with Gasteiger partial charge in [-0.3, -0.25) is 5.10 Å². The predicted octanol–water partition coefficient (Wildman–Crippen LogP) is 5.01. The summed E-state index contributed by atoms with van der Waals surface area (Å²) in [5.74, 6) is 2.28. The van der Waals surface area contributed by atoms with E-state index in [1.54, 1.807) is 6.20 Å². The zero-order chi connectivity index (χ0) is 19.1. The minimum atomic E-state index is 0.389. The summed E-state index contributed by atoms with van der Waals surface area (Å²) in [4.78, 5) is 7.55. The molecule has 4 rings (SSSR count). The van der Waals surface area contributed by atoms with Crippen LogP contribution >= 0.6 is 0 Å². The van der Waals surface area contributed by atoms with Crippen LogP contribution in [0.1, 0.15) is 32.5 Å². The van der Waals surface area contributed by atoms with Gasteiger partial charge in [-0.05, 0) is 48.0 Å². The Labute approximate surface area is 158 Å². The number of benzene rings is 2. The van der Waals surface area contributed by atoms with Crippen LogP contribution in [0, 0.1) is 0 Å². The van der Waals surface area contributed by atoms with Crippen LogP contribution in [-0.2, 0) is 6.54 Å². The molecule has 0 aliphatic carbocycles. The first-order valence-electron chi connectivity index (χ1n) is 9.19. The Morgan fingerprint density at radius 3 is 2.33 bits per heavy atom. The fourth-order valence-electron chi connectivity index (χ4n) is 2.46. The average molecular weight is 363 g/mol. The molecule has 0 unspecified atom stereocenters. The fraction of sp³-hybridized carbons (Fsp3) is 0.238. The van der Waals surface area contributed by atoms with Gasteiger partial charge < -0.3 is 15.5 Å². The topological polar surface area (TPSA) is 92.6 Å². The minimum absolute atomic E-state index is 0.389. The Kier molecular flexibility index (Phi) is 6.22. The molecule has 0 aliphatic rings. The van der Waals surface area contributed by atoms with Crippen molar-refractivity contribution in [2.24, 2.45) is 5.73 Å². The highest BCUT2D eigenvalue weighted by Gasteiger charge is 2.05. The third-order valence-corrected chi connectivity index (χ3v) is 4.10. The highest BCUT2D eigenvalue weighted by molar-refractivity contribution is 5.77. The fourth-order valence-corrected chi connectivity index (χ4v) is 2.46. The Hall–Kier alpha value is -3.12. The molecular weight excluding hydrogens is 338 g/mol. The van der Waals surface area contributed by atoms with Crippen molar-refractivity contribution < 1.29 is 4.74 Å². The van der Waals surface area contributed by atoms with Crippen molar-refractivity contribution in [2.75, 3.05) is 0 Å². The van der Waals surface area contributed by atoms with E-state index in [0.717, 1.165) is 39.6 Å². The molecule has 2 aromatic carbocycles. The van der Waals surface area contributed by atoms with Crippen LogP contribution in [0.2, 0.25) is 0 Å². The molecule has 0 atom stereocenters. The molecule has 0 saturated heterocycles. The first-order valence-corrected chi connectivity index (χ1v) is 9.19. The molecule has 0 amide bonds. The second-order valence-corrected chi connectivity index (χ2v) is 6.16. The van der Waals surface area contributed by atoms with Gasteiger partial charge in [-0.1, -0.05) is 26.7 Å². The van der Waals surface area contributed by atoms with E-state index in [1.165, 1.54) is 12.8 Å². The summed E-state index contributed by atoms with van der Waals surface area (Å²) < 4.78 is 5.90. The van der Waals surface area contributed by atoms with Gasteiger partial charge in [0.05, 0.1) is 23.3 Å². The van der Waals surface area contributed by atoms with Crippen LogP contribution in [0.15, 0.2) is 54.7 Å². The number of nitrogens with two attached hydrogens (primary N) is 1. The molecule has 0 saturated carbocycles. The molecule has 0 radical (unpaired) electrons. The molecule has 0 aliphatic heterocycles. The second-order valence-electron chi connectivity index (χ2n) is 6.16. The van der Waals surface area contributed by atoms with Gasteiger partial charge >= 0.3 is 0 Å². The van der Waals surface area contributed by atoms with E-state index in [1.807, 2.05) is 48.5 Å². The molecule has 4 N–H and O–H groups in total. The number of nitrogens with zero attached hydrogens (tertiary/aromatic N) is 2. The lowest BCUT2D eigenvalue weighted by molar-refractivity contribution is 0.483. The number of imidazole rings is 1. The molecule has 0 fully saturated rings. The lowest BCUT2D eigenvalue weighted by atomic mass is 10.1. The highest BCUT2D eigenvalue weighted by Crippen LogP contribution is 2.26. The summed E-state index contributed by atoms with van der Waals surface area (Å²) in [6, 6.07) is 15.5. The van der Waals surface area contributed by atoms with Crippen LogP contribution in [0.3, 0.4) is 0 Å². The van der Waals surface area contributed by atoms with Crippen molar-refractivity contribution in [3.05, 3.63) is 60.6 Å². The van der Waals surface area contributed by atoms with Gasteiger partial charge in [-0.25, -0.2) is 4.98 Å². The number of H-pyrrole nitrogens is 2. The van der Waals surface area contributed by atoms with Crippen LogP contribution in [-0.4, -0.2) is 20.2 Å². The summed E-state index contributed by atoms with van der Waals surface area (Å²) in [6.07, 6.45) is 4.37. The second kappa shape index (κ2) is 9.00. The molecule has 27 heavy (non-hydrogen) atoms. The van der Waals surface area contributed by atoms with E-state index in [4.69, 9.17) is 10.5 Å². The maximum Gasteiger partial charge on any atom is 0.129 e. The van der Waals surface area contributed by atoms with Crippen molar-refractivity contribution in [1.82, 2.24) is 20.2 Å². The van der Waals surface area contributed by atoms with Crippen molar-refractivity contribution >= 4 is 11.0 Å². The molecule has 140 valence electrons. The normalized spacial score (nSPS) is 10.5. The lowest BCUT2D eigenvalue weighted by Gasteiger charge is -2.06. The van der Waals surface area contributed by atoms with Crippen molar-refractivity contribution in [2.45, 2.75) is 33.2 Å². The largest absolute Gasteiger partial charge is 0.457 e. The first kappa shape index (κ1) is 18.7. The Morgan fingerprint density at radius 1 is 0.963 bits per heavy atom. The van der Waals surface area contributed by atoms with Crippen molar-refractivity contribution in [1.29, 1.82) is 0 Å². The van der Waals surface area contributed by atoms with E-state index >= 15 is 0 Å². The predicted molar refractivity (Wildman–Crippen MR) is 109 cm³/mol. The van der Waals surface area contributed by atoms with E-state index < -0.39 is 0 Å². The number of rotatable bonds is 5. The summed E-state index contributed by atoms with van der Waals surface area (Å²) in [5.41, 5.74) is 9.43. The summed E-state index contributed by atoms with van der Waals surface area (Å²) >= 11 is 0. The smallest absolute Gasteiger partial charge is 0.129 e. The minimum Gasteiger partial charge on any atom is -0.457 e. The monoisotopic (exact) mass is 363 g/mol. The van der Waals surface area contributed by atoms with Crippen LogP contribution < -0.4 is 10.5 Å². The van der Waals surface area contributed by atoms with Crippen LogP contribution in [0.5, 0.6) is 11.5 Å². The lowest BCUT2D eigenvalue weighted by Crippen LogP contribution is -1.97. The van der Waals surface area contributed by atoms with E-state index in [2.05, 4.69) is 34.0 Å². The van der Waals surface area contributed by atoms with E-state index in [0.29, 0.717) is 6.54 Å². The number of aromatic amines is 2. The maximum atomic E-state index is 5.90. The molecular formula is C21H25N5O. The molecule has 2 heterocycles. The van der Waals surface area contributed by atoms with Gasteiger partial charge in [0.25, 0.3) is 0 Å². The van der Waals surface area contributed by atoms with Gasteiger partial charge in [0, 0.05) is 12.3 Å². The zero-order valence-electron chi connectivity index (χ0n) is 15.7. The maximum absolute atomic E-state index is 5.90. The van der Waals surface area contributed by atoms with Crippen LogP contribution in [0.25, 0.3) is 22.3 Å². The first-order chi connectivity index (χ1) is 13.2. The van der Waals surface area contributed by atoms with Gasteiger partial charge in [0.15, 0.2) is 0 Å². The van der Waals surface area contributed by atoms with Gasteiger partial charge in [0.1, 0.15) is 17.3 Å². The Bertz CT molecular complexity index is 956. The number of hydrogen-bond donors (Lipinski definition) is 3. The standard InChI is InChI=1S/C17H15N5O.C4H10/c18-10-17-20-15-6-5-13(9-16(15)21-17)23-12-3-1-11(2-4-12)14-7-8-19-22-14;1-3-4-2/h1-9H,10,18H2,(H,19,22)(H,20,21);3-4H2,1-2H3. The Balaban J connectivity index is 0.000000481. The van der Waals surface area contributed by atoms with Crippen molar-refractivity contribution in [3.8, 4) is 22.8 Å². The number of unbranched alkanes of at least 4 members (excludes halogenated alkanes) is 1. The van der Waals surface area contributed by atoms with Gasteiger partial charge in [-0.2, -0.15) is 5.10 Å². The summed E-state index contributed by atoms with van der Waals surface area (Å²) in [7, 11) is 0. The zero-order valence-corrected chi connectivity index (χ0v) is 15.7. The third-order valence-electron chi connectivity index (χ3n) is 4.10.